The van der Waals surface area contributed by atoms with Gasteiger partial charge in [0, 0.05) is 27.7 Å². The Bertz CT molecular complexity index is 1460. The molecule has 0 radical (unpaired) electrons. The van der Waals surface area contributed by atoms with E-state index >= 15 is 0 Å². The van der Waals surface area contributed by atoms with Crippen molar-refractivity contribution in [2.24, 2.45) is 0 Å². The molecule has 0 aliphatic heterocycles. The summed E-state index contributed by atoms with van der Waals surface area (Å²) in [7, 11) is 0. The third-order valence-corrected chi connectivity index (χ3v) is 5.62. The van der Waals surface area contributed by atoms with Crippen LogP contribution in [-0.2, 0) is 6.54 Å². The summed E-state index contributed by atoms with van der Waals surface area (Å²) in [6, 6.07) is 24.8. The van der Waals surface area contributed by atoms with Gasteiger partial charge in [-0.2, -0.15) is 5.26 Å². The first-order valence-corrected chi connectivity index (χ1v) is 10.0. The first kappa shape index (κ1) is 18.8. The number of nitriles is 1. The van der Waals surface area contributed by atoms with Gasteiger partial charge in [0.05, 0.1) is 23.2 Å². The Morgan fingerprint density at radius 2 is 1.81 bits per heavy atom. The third-order valence-electron chi connectivity index (χ3n) is 5.62. The largest absolute Gasteiger partial charge is 0.340 e. The molecule has 4 nitrogen and oxygen atoms in total. The van der Waals surface area contributed by atoms with E-state index in [1.807, 2.05) is 67.6 Å². The molecule has 5 rings (SSSR count). The van der Waals surface area contributed by atoms with E-state index in [0.717, 1.165) is 33.2 Å². The van der Waals surface area contributed by atoms with Crippen LogP contribution >= 0.6 is 0 Å². The first-order valence-electron chi connectivity index (χ1n) is 10.0. The molecule has 31 heavy (non-hydrogen) atoms. The molecule has 1 N–H and O–H groups in total. The normalized spacial score (nSPS) is 11.8. The topological polar surface area (TPSA) is 57.4 Å². The van der Waals surface area contributed by atoms with Gasteiger partial charge < -0.3 is 9.55 Å². The fraction of sp³-hybridized carbons (Fsp3) is 0.0769. The minimum absolute atomic E-state index is 0.225. The van der Waals surface area contributed by atoms with Gasteiger partial charge in [-0.3, -0.25) is 0 Å². The van der Waals surface area contributed by atoms with Crippen LogP contribution in [0.3, 0.4) is 0 Å². The summed E-state index contributed by atoms with van der Waals surface area (Å²) in [5.74, 6) is 0.311. The van der Waals surface area contributed by atoms with E-state index in [1.54, 1.807) is 12.1 Å². The smallest absolute Gasteiger partial charge is 0.149 e. The maximum absolute atomic E-state index is 14.3. The van der Waals surface area contributed by atoms with Crippen LogP contribution in [0.2, 0.25) is 0 Å². The van der Waals surface area contributed by atoms with E-state index in [2.05, 4.69) is 20.6 Å². The molecule has 0 fully saturated rings. The van der Waals surface area contributed by atoms with Gasteiger partial charge in [0.25, 0.3) is 0 Å². The molecule has 0 bridgehead atoms. The number of aromatic amines is 1. The number of imidazole rings is 1. The van der Waals surface area contributed by atoms with Crippen LogP contribution in [0, 0.1) is 24.1 Å². The average molecular weight is 406 g/mol. The predicted molar refractivity (Wildman–Crippen MR) is 122 cm³/mol. The Morgan fingerprint density at radius 1 is 1.06 bits per heavy atom. The van der Waals surface area contributed by atoms with Crippen LogP contribution in [0.15, 0.2) is 72.8 Å². The van der Waals surface area contributed by atoms with Crippen molar-refractivity contribution in [1.29, 1.82) is 5.26 Å². The van der Waals surface area contributed by atoms with E-state index in [-0.39, 0.29) is 5.82 Å². The number of rotatable bonds is 4. The van der Waals surface area contributed by atoms with Crippen molar-refractivity contribution in [2.75, 3.05) is 0 Å². The highest BCUT2D eigenvalue weighted by Crippen LogP contribution is 2.30. The fourth-order valence-electron chi connectivity index (χ4n) is 4.02. The summed E-state index contributed by atoms with van der Waals surface area (Å²) in [4.78, 5) is 7.80. The number of H-pyrrole nitrogens is 1. The van der Waals surface area contributed by atoms with Gasteiger partial charge in [-0.1, -0.05) is 48.5 Å². The summed E-state index contributed by atoms with van der Waals surface area (Å²) in [5.41, 5.74) is 5.68. The Labute approximate surface area is 178 Å². The molecule has 3 aromatic carbocycles. The van der Waals surface area contributed by atoms with Crippen molar-refractivity contribution < 1.29 is 4.39 Å². The number of allylic oxidation sites excluding steroid dienone is 1. The summed E-state index contributed by atoms with van der Waals surface area (Å²) in [5, 5.41) is 10.9. The van der Waals surface area contributed by atoms with Gasteiger partial charge in [0.15, 0.2) is 0 Å². The highest BCUT2D eigenvalue weighted by Gasteiger charge is 2.16. The van der Waals surface area contributed by atoms with Crippen LogP contribution in [0.4, 0.5) is 4.39 Å². The molecular formula is C26H19FN4. The molecule has 0 spiro atoms. The van der Waals surface area contributed by atoms with Crippen molar-refractivity contribution in [3.05, 3.63) is 101 Å². The highest BCUT2D eigenvalue weighted by atomic mass is 19.1. The second kappa shape index (κ2) is 7.58. The lowest BCUT2D eigenvalue weighted by atomic mass is 10.1. The molecule has 5 heteroatoms. The molecule has 0 saturated heterocycles. The zero-order chi connectivity index (χ0) is 21.4. The van der Waals surface area contributed by atoms with Crippen molar-refractivity contribution in [3.63, 3.8) is 0 Å². The van der Waals surface area contributed by atoms with E-state index in [9.17, 15) is 9.65 Å². The second-order valence-corrected chi connectivity index (χ2v) is 7.47. The molecular weight excluding hydrogens is 387 g/mol. The van der Waals surface area contributed by atoms with E-state index < -0.39 is 0 Å². The summed E-state index contributed by atoms with van der Waals surface area (Å²) in [6.07, 6.45) is 1.87. The molecule has 0 atom stereocenters. The fourth-order valence-corrected chi connectivity index (χ4v) is 4.02. The van der Waals surface area contributed by atoms with Crippen molar-refractivity contribution in [3.8, 4) is 6.07 Å². The Morgan fingerprint density at radius 3 is 2.61 bits per heavy atom. The minimum Gasteiger partial charge on any atom is -0.340 e. The maximum atomic E-state index is 14.3. The number of nitrogens with one attached hydrogen (secondary N) is 1. The molecule has 5 aromatic rings. The van der Waals surface area contributed by atoms with E-state index in [1.165, 1.54) is 6.07 Å². The van der Waals surface area contributed by atoms with E-state index in [0.29, 0.717) is 23.5 Å². The van der Waals surface area contributed by atoms with Crippen molar-refractivity contribution >= 4 is 33.6 Å². The predicted octanol–water partition coefficient (Wildman–Crippen LogP) is 6.08. The molecule has 2 aromatic heterocycles. The number of hydrogen-bond donors (Lipinski definition) is 1. The monoisotopic (exact) mass is 406 g/mol. The molecule has 2 heterocycles. The van der Waals surface area contributed by atoms with Crippen molar-refractivity contribution in [2.45, 2.75) is 13.5 Å². The van der Waals surface area contributed by atoms with Crippen LogP contribution in [0.5, 0.6) is 0 Å². The Balaban J connectivity index is 1.67. The number of halogens is 1. The average Bonchev–Trinajstić information content (AvgIpc) is 3.33. The molecule has 0 amide bonds. The lowest BCUT2D eigenvalue weighted by Crippen LogP contribution is -2.03. The SMILES string of the molecule is Cc1c(/C=C(/C#N)c2nc3ccccc3[nH]2)c2ccccc2n1Cc1ccccc1F. The number of para-hydroxylation sites is 3. The van der Waals surface area contributed by atoms with Gasteiger partial charge >= 0.3 is 0 Å². The lowest BCUT2D eigenvalue weighted by molar-refractivity contribution is 0.600. The van der Waals surface area contributed by atoms with E-state index in [4.69, 9.17) is 0 Å². The van der Waals surface area contributed by atoms with Gasteiger partial charge in [-0.15, -0.1) is 0 Å². The van der Waals surface area contributed by atoms with Crippen LogP contribution in [0.1, 0.15) is 22.6 Å². The minimum atomic E-state index is -0.225. The lowest BCUT2D eigenvalue weighted by Gasteiger charge is -2.09. The molecule has 150 valence electrons. The Hall–Kier alpha value is -4.17. The van der Waals surface area contributed by atoms with Crippen LogP contribution in [-0.4, -0.2) is 14.5 Å². The molecule has 0 aliphatic carbocycles. The van der Waals surface area contributed by atoms with Crippen LogP contribution < -0.4 is 0 Å². The van der Waals surface area contributed by atoms with Gasteiger partial charge in [-0.25, -0.2) is 9.37 Å². The van der Waals surface area contributed by atoms with Crippen molar-refractivity contribution in [1.82, 2.24) is 14.5 Å². The quantitative estimate of drug-likeness (QED) is 0.368. The number of benzene rings is 3. The zero-order valence-electron chi connectivity index (χ0n) is 16.9. The first-order chi connectivity index (χ1) is 15.2. The second-order valence-electron chi connectivity index (χ2n) is 7.47. The molecule has 0 saturated carbocycles. The maximum Gasteiger partial charge on any atom is 0.149 e. The Kier molecular flexibility index (Phi) is 4.61. The van der Waals surface area contributed by atoms with Gasteiger partial charge in [0.1, 0.15) is 17.7 Å². The summed E-state index contributed by atoms with van der Waals surface area (Å²) < 4.78 is 16.4. The highest BCUT2D eigenvalue weighted by molar-refractivity contribution is 5.99. The standard InChI is InChI=1S/C26H19FN4/c1-17-21(14-19(15-28)26-29-23-11-5-6-12-24(23)30-26)20-9-3-7-13-25(20)31(17)16-18-8-2-4-10-22(18)27/h2-14H,16H2,1H3,(H,29,30)/b19-14-. The number of aromatic nitrogens is 3. The number of nitrogens with zero attached hydrogens (tertiary/aromatic N) is 3. The van der Waals surface area contributed by atoms with Crippen LogP contribution in [0.25, 0.3) is 33.6 Å². The summed E-state index contributed by atoms with van der Waals surface area (Å²) in [6.45, 7) is 2.42. The van der Waals surface area contributed by atoms with Gasteiger partial charge in [0.2, 0.25) is 0 Å². The summed E-state index contributed by atoms with van der Waals surface area (Å²) >= 11 is 0. The molecule has 0 aliphatic rings. The van der Waals surface area contributed by atoms with Gasteiger partial charge in [-0.05, 0) is 37.3 Å². The number of fused-ring (bicyclic) bond motifs is 2. The zero-order valence-corrected chi connectivity index (χ0v) is 16.9. The molecule has 0 unspecified atom stereocenters. The number of hydrogen-bond acceptors (Lipinski definition) is 2. The third kappa shape index (κ3) is 3.28.